The second kappa shape index (κ2) is 3.61. The van der Waals surface area contributed by atoms with Crippen molar-refractivity contribution in [1.82, 2.24) is 5.32 Å². The highest BCUT2D eigenvalue weighted by atomic mass is 19.3. The number of amides is 1. The number of hydrogen-bond acceptors (Lipinski definition) is 2. The lowest BCUT2D eigenvalue weighted by Gasteiger charge is -2.14. The van der Waals surface area contributed by atoms with Crippen molar-refractivity contribution in [2.45, 2.75) is 25.8 Å². The third-order valence-electron chi connectivity index (χ3n) is 1.05. The Balaban J connectivity index is 3.88. The molecule has 0 spiro atoms. The summed E-state index contributed by atoms with van der Waals surface area (Å²) in [5, 5.41) is 10.3. The highest BCUT2D eigenvalue weighted by Gasteiger charge is 2.32. The molecule has 0 aliphatic rings. The van der Waals surface area contributed by atoms with Gasteiger partial charge in [-0.1, -0.05) is 0 Å². The maximum absolute atomic E-state index is 12.1. The minimum atomic E-state index is -3.37. The zero-order chi connectivity index (χ0) is 9.07. The van der Waals surface area contributed by atoms with Crippen LogP contribution < -0.4 is 5.32 Å². The molecule has 0 aliphatic carbocycles. The van der Waals surface area contributed by atoms with E-state index in [1.807, 2.05) is 5.32 Å². The molecule has 3 nitrogen and oxygen atoms in total. The number of carbonyl (C=O) groups excluding carboxylic acids is 1. The van der Waals surface area contributed by atoms with Gasteiger partial charge in [0.2, 0.25) is 0 Å². The molecule has 0 aromatic carbocycles. The summed E-state index contributed by atoms with van der Waals surface area (Å²) in [5.74, 6) is -4.73. The van der Waals surface area contributed by atoms with Gasteiger partial charge in [-0.2, -0.15) is 8.78 Å². The van der Waals surface area contributed by atoms with Crippen LogP contribution in [-0.2, 0) is 4.79 Å². The summed E-state index contributed by atoms with van der Waals surface area (Å²) < 4.78 is 24.2. The Kier molecular flexibility index (Phi) is 3.38. The molecule has 11 heavy (non-hydrogen) atoms. The topological polar surface area (TPSA) is 49.3 Å². The van der Waals surface area contributed by atoms with E-state index in [0.29, 0.717) is 6.92 Å². The van der Waals surface area contributed by atoms with E-state index in [1.165, 1.54) is 6.92 Å². The average Bonchev–Trinajstić information content (AvgIpc) is 1.85. The van der Waals surface area contributed by atoms with Crippen LogP contribution in [0.1, 0.15) is 13.8 Å². The van der Waals surface area contributed by atoms with Crippen LogP contribution in [-0.4, -0.2) is 29.6 Å². The summed E-state index contributed by atoms with van der Waals surface area (Å²) in [4.78, 5) is 10.5. The molecule has 0 fully saturated rings. The van der Waals surface area contributed by atoms with Crippen molar-refractivity contribution in [2.75, 3.05) is 6.61 Å². The quantitative estimate of drug-likeness (QED) is 0.628. The van der Waals surface area contributed by atoms with Gasteiger partial charge in [0.1, 0.15) is 0 Å². The molecule has 0 radical (unpaired) electrons. The standard InChI is InChI=1S/C6H11F2NO2/c1-4(3-10)9-5(11)6(2,7)8/h4,10H,3H2,1-2H3,(H,9,11). The summed E-state index contributed by atoms with van der Waals surface area (Å²) in [6.45, 7) is 1.60. The summed E-state index contributed by atoms with van der Waals surface area (Å²) in [6, 6.07) is -0.631. The Morgan fingerprint density at radius 1 is 1.73 bits per heavy atom. The van der Waals surface area contributed by atoms with E-state index in [4.69, 9.17) is 5.11 Å². The molecule has 0 aliphatic heterocycles. The number of carbonyl (C=O) groups is 1. The smallest absolute Gasteiger partial charge is 0.321 e. The summed E-state index contributed by atoms with van der Waals surface area (Å²) in [6.07, 6.45) is 0. The van der Waals surface area contributed by atoms with E-state index in [1.54, 1.807) is 0 Å². The van der Waals surface area contributed by atoms with Gasteiger partial charge < -0.3 is 10.4 Å². The molecule has 0 rings (SSSR count). The molecule has 0 heterocycles. The molecule has 0 aromatic rings. The fourth-order valence-corrected chi connectivity index (χ4v) is 0.396. The number of alkyl halides is 2. The summed E-state index contributed by atoms with van der Waals surface area (Å²) in [7, 11) is 0. The van der Waals surface area contributed by atoms with Gasteiger partial charge in [0.15, 0.2) is 0 Å². The van der Waals surface area contributed by atoms with Crippen LogP contribution in [0.3, 0.4) is 0 Å². The zero-order valence-corrected chi connectivity index (χ0v) is 6.40. The zero-order valence-electron chi connectivity index (χ0n) is 6.40. The minimum Gasteiger partial charge on any atom is -0.394 e. The normalized spacial score (nSPS) is 14.3. The van der Waals surface area contributed by atoms with Crippen molar-refractivity contribution in [2.24, 2.45) is 0 Å². The van der Waals surface area contributed by atoms with Crippen LogP contribution in [0, 0.1) is 0 Å². The van der Waals surface area contributed by atoms with Gasteiger partial charge in [-0.3, -0.25) is 4.79 Å². The van der Waals surface area contributed by atoms with Crippen LogP contribution in [0.2, 0.25) is 0 Å². The molecular formula is C6H11F2NO2. The van der Waals surface area contributed by atoms with Crippen molar-refractivity contribution >= 4 is 5.91 Å². The van der Waals surface area contributed by atoms with E-state index >= 15 is 0 Å². The minimum absolute atomic E-state index is 0.345. The van der Waals surface area contributed by atoms with Crippen molar-refractivity contribution in [3.63, 3.8) is 0 Å². The molecule has 2 N–H and O–H groups in total. The highest BCUT2D eigenvalue weighted by molar-refractivity contribution is 5.83. The number of aliphatic hydroxyl groups excluding tert-OH is 1. The lowest BCUT2D eigenvalue weighted by atomic mass is 10.3. The number of halogens is 2. The van der Waals surface area contributed by atoms with E-state index in [0.717, 1.165) is 0 Å². The average molecular weight is 167 g/mol. The van der Waals surface area contributed by atoms with Crippen LogP contribution in [0.15, 0.2) is 0 Å². The predicted octanol–water partition coefficient (Wildman–Crippen LogP) is 0.139. The molecule has 1 atom stereocenters. The second-order valence-electron chi connectivity index (χ2n) is 2.45. The van der Waals surface area contributed by atoms with Gasteiger partial charge in [-0.25, -0.2) is 0 Å². The molecule has 0 aromatic heterocycles. The Morgan fingerprint density at radius 2 is 2.18 bits per heavy atom. The van der Waals surface area contributed by atoms with Gasteiger partial charge >= 0.3 is 5.92 Å². The Bertz CT molecular complexity index is 144. The van der Waals surface area contributed by atoms with E-state index in [2.05, 4.69) is 0 Å². The largest absolute Gasteiger partial charge is 0.394 e. The Morgan fingerprint density at radius 3 is 2.45 bits per heavy atom. The van der Waals surface area contributed by atoms with Gasteiger partial charge in [0.25, 0.3) is 5.91 Å². The number of nitrogens with one attached hydrogen (secondary N) is 1. The third kappa shape index (κ3) is 3.87. The summed E-state index contributed by atoms with van der Waals surface area (Å²) in [5.41, 5.74) is 0. The monoisotopic (exact) mass is 167 g/mol. The van der Waals surface area contributed by atoms with Gasteiger partial charge in [-0.05, 0) is 6.92 Å². The number of rotatable bonds is 3. The van der Waals surface area contributed by atoms with Crippen LogP contribution in [0.4, 0.5) is 8.78 Å². The second-order valence-corrected chi connectivity index (χ2v) is 2.45. The molecule has 0 bridgehead atoms. The Hall–Kier alpha value is -0.710. The molecule has 66 valence electrons. The molecule has 1 amide bonds. The summed E-state index contributed by atoms with van der Waals surface area (Å²) >= 11 is 0. The van der Waals surface area contributed by atoms with Gasteiger partial charge in [0, 0.05) is 13.0 Å². The first-order chi connectivity index (χ1) is 4.88. The van der Waals surface area contributed by atoms with Gasteiger partial charge in [0.05, 0.1) is 6.61 Å². The molecule has 5 heteroatoms. The van der Waals surface area contributed by atoms with Crippen molar-refractivity contribution in [3.8, 4) is 0 Å². The van der Waals surface area contributed by atoms with E-state index in [-0.39, 0.29) is 6.61 Å². The number of hydrogen-bond donors (Lipinski definition) is 2. The van der Waals surface area contributed by atoms with E-state index < -0.39 is 17.9 Å². The SMILES string of the molecule is CC(CO)NC(=O)C(C)(F)F. The fourth-order valence-electron chi connectivity index (χ4n) is 0.396. The predicted molar refractivity (Wildman–Crippen MR) is 35.3 cm³/mol. The van der Waals surface area contributed by atoms with Gasteiger partial charge in [-0.15, -0.1) is 0 Å². The van der Waals surface area contributed by atoms with Crippen LogP contribution in [0.5, 0.6) is 0 Å². The maximum Gasteiger partial charge on any atom is 0.321 e. The first-order valence-corrected chi connectivity index (χ1v) is 3.17. The lowest BCUT2D eigenvalue weighted by Crippen LogP contribution is -2.43. The van der Waals surface area contributed by atoms with Crippen molar-refractivity contribution < 1.29 is 18.7 Å². The maximum atomic E-state index is 12.1. The molecule has 0 saturated carbocycles. The lowest BCUT2D eigenvalue weighted by molar-refractivity contribution is -0.144. The van der Waals surface area contributed by atoms with Crippen LogP contribution in [0.25, 0.3) is 0 Å². The molecule has 0 saturated heterocycles. The fraction of sp³-hybridized carbons (Fsp3) is 0.833. The Labute approximate surface area is 63.4 Å². The molecular weight excluding hydrogens is 156 g/mol. The van der Waals surface area contributed by atoms with Crippen molar-refractivity contribution in [3.05, 3.63) is 0 Å². The first kappa shape index (κ1) is 10.3. The van der Waals surface area contributed by atoms with E-state index in [9.17, 15) is 13.6 Å². The third-order valence-corrected chi connectivity index (χ3v) is 1.05. The highest BCUT2D eigenvalue weighted by Crippen LogP contribution is 2.10. The first-order valence-electron chi connectivity index (χ1n) is 3.17. The van der Waals surface area contributed by atoms with Crippen LogP contribution >= 0.6 is 0 Å². The number of aliphatic hydroxyl groups is 1. The molecule has 1 unspecified atom stereocenters. The van der Waals surface area contributed by atoms with Crippen molar-refractivity contribution in [1.29, 1.82) is 0 Å².